The highest BCUT2D eigenvalue weighted by atomic mass is 16.5. The van der Waals surface area contributed by atoms with Gasteiger partial charge in [-0.05, 0) is 18.6 Å². The lowest BCUT2D eigenvalue weighted by Gasteiger charge is -2.07. The number of methoxy groups -OCH3 is 1. The molecule has 0 spiro atoms. The lowest BCUT2D eigenvalue weighted by atomic mass is 10.3. The summed E-state index contributed by atoms with van der Waals surface area (Å²) in [5.74, 6) is 7.05. The molecule has 0 heterocycles. The molecule has 0 saturated carbocycles. The van der Waals surface area contributed by atoms with Crippen molar-refractivity contribution in [2.24, 2.45) is 0 Å². The first-order valence-corrected chi connectivity index (χ1v) is 6.26. The van der Waals surface area contributed by atoms with Gasteiger partial charge in [0, 0.05) is 6.42 Å². The second kappa shape index (κ2) is 8.87. The summed E-state index contributed by atoms with van der Waals surface area (Å²) in [4.78, 5) is 11.2. The van der Waals surface area contributed by atoms with E-state index < -0.39 is 0 Å². The van der Waals surface area contributed by atoms with E-state index in [1.54, 1.807) is 7.11 Å². The number of nitrogens with one attached hydrogen (secondary N) is 1. The number of benzene rings is 1. The Kier molecular flexibility index (Phi) is 6.96. The minimum absolute atomic E-state index is 0.0300. The molecule has 0 saturated heterocycles. The third kappa shape index (κ3) is 5.82. The van der Waals surface area contributed by atoms with Gasteiger partial charge >= 0.3 is 0 Å². The highest BCUT2D eigenvalue weighted by molar-refractivity contribution is 5.76. The molecule has 0 unspecified atom stereocenters. The predicted octanol–water partition coefficient (Wildman–Crippen LogP) is 1.99. The highest BCUT2D eigenvalue weighted by Crippen LogP contribution is 2.25. The first-order chi connectivity index (χ1) is 9.27. The average Bonchev–Trinajstić information content (AvgIpc) is 2.43. The molecule has 19 heavy (non-hydrogen) atoms. The third-order valence-electron chi connectivity index (χ3n) is 2.34. The van der Waals surface area contributed by atoms with Crippen LogP contribution in [-0.4, -0.2) is 26.2 Å². The molecule has 0 aromatic heterocycles. The molecule has 1 amide bonds. The van der Waals surface area contributed by atoms with Crippen molar-refractivity contribution in [2.75, 3.05) is 20.3 Å². The summed E-state index contributed by atoms with van der Waals surface area (Å²) in [6.07, 6.45) is 1.38. The van der Waals surface area contributed by atoms with Crippen LogP contribution in [0.3, 0.4) is 0 Å². The van der Waals surface area contributed by atoms with Crippen LogP contribution >= 0.6 is 0 Å². The maximum Gasteiger partial charge on any atom is 0.220 e. The fourth-order valence-electron chi connectivity index (χ4n) is 1.42. The summed E-state index contributed by atoms with van der Waals surface area (Å²) in [5.41, 5.74) is 0. The molecule has 0 aliphatic carbocycles. The summed E-state index contributed by atoms with van der Waals surface area (Å²) in [6, 6.07) is 7.40. The fourth-order valence-corrected chi connectivity index (χ4v) is 1.42. The van der Waals surface area contributed by atoms with Crippen molar-refractivity contribution in [1.29, 1.82) is 0 Å². The number of carbonyl (C=O) groups excluding carboxylic acids is 1. The molecule has 0 bridgehead atoms. The van der Waals surface area contributed by atoms with Gasteiger partial charge in [-0.2, -0.15) is 0 Å². The number of hydrogen-bond acceptors (Lipinski definition) is 3. The first-order valence-electron chi connectivity index (χ1n) is 6.26. The molecule has 1 rings (SSSR count). The van der Waals surface area contributed by atoms with E-state index in [9.17, 15) is 4.79 Å². The van der Waals surface area contributed by atoms with Gasteiger partial charge in [-0.1, -0.05) is 30.9 Å². The summed E-state index contributed by atoms with van der Waals surface area (Å²) in [6.45, 7) is 2.59. The van der Waals surface area contributed by atoms with E-state index in [0.717, 1.165) is 6.42 Å². The molecule has 0 aliphatic heterocycles. The molecule has 1 N–H and O–H groups in total. The number of ether oxygens (including phenoxy) is 2. The summed E-state index contributed by atoms with van der Waals surface area (Å²) in [5, 5.41) is 2.71. The van der Waals surface area contributed by atoms with Crippen molar-refractivity contribution in [1.82, 2.24) is 5.32 Å². The van der Waals surface area contributed by atoms with Gasteiger partial charge in [0.15, 0.2) is 11.5 Å². The topological polar surface area (TPSA) is 47.6 Å². The van der Waals surface area contributed by atoms with Gasteiger partial charge in [-0.3, -0.25) is 4.79 Å². The average molecular weight is 261 g/mol. The zero-order valence-electron chi connectivity index (χ0n) is 11.4. The largest absolute Gasteiger partial charge is 0.493 e. The van der Waals surface area contributed by atoms with Gasteiger partial charge in [0.25, 0.3) is 0 Å². The Morgan fingerprint density at radius 2 is 2.00 bits per heavy atom. The second-order valence-electron chi connectivity index (χ2n) is 3.82. The van der Waals surface area contributed by atoms with Crippen molar-refractivity contribution in [3.63, 3.8) is 0 Å². The van der Waals surface area contributed by atoms with Crippen molar-refractivity contribution >= 4 is 5.91 Å². The molecule has 102 valence electrons. The van der Waals surface area contributed by atoms with Crippen LogP contribution in [-0.2, 0) is 4.79 Å². The van der Waals surface area contributed by atoms with Gasteiger partial charge in [0.2, 0.25) is 5.91 Å². The standard InChI is InChI=1S/C15H19NO3/c1-3-8-15(17)16-11-6-7-12-19-14-10-5-4-9-13(14)18-2/h4-5,9-10H,3,8,11-12H2,1-2H3,(H,16,17). The zero-order chi connectivity index (χ0) is 13.9. The van der Waals surface area contributed by atoms with Crippen molar-refractivity contribution in [3.05, 3.63) is 24.3 Å². The Balaban J connectivity index is 2.29. The Morgan fingerprint density at radius 3 is 2.68 bits per heavy atom. The van der Waals surface area contributed by atoms with Crippen LogP contribution in [0, 0.1) is 11.8 Å². The normalized spacial score (nSPS) is 9.16. The van der Waals surface area contributed by atoms with Gasteiger partial charge in [-0.15, -0.1) is 0 Å². The predicted molar refractivity (Wildman–Crippen MR) is 74.2 cm³/mol. The van der Waals surface area contributed by atoms with Crippen LogP contribution < -0.4 is 14.8 Å². The molecular weight excluding hydrogens is 242 g/mol. The van der Waals surface area contributed by atoms with E-state index in [2.05, 4.69) is 17.2 Å². The quantitative estimate of drug-likeness (QED) is 0.797. The smallest absolute Gasteiger partial charge is 0.220 e. The van der Waals surface area contributed by atoms with E-state index in [4.69, 9.17) is 9.47 Å². The summed E-state index contributed by atoms with van der Waals surface area (Å²) in [7, 11) is 1.59. The molecule has 4 nitrogen and oxygen atoms in total. The Bertz CT molecular complexity index is 460. The van der Waals surface area contributed by atoms with Crippen molar-refractivity contribution in [2.45, 2.75) is 19.8 Å². The minimum Gasteiger partial charge on any atom is -0.493 e. The molecule has 1 aromatic carbocycles. The molecular formula is C15H19NO3. The van der Waals surface area contributed by atoms with E-state index in [0.29, 0.717) is 24.5 Å². The van der Waals surface area contributed by atoms with Gasteiger partial charge < -0.3 is 14.8 Å². The summed E-state index contributed by atoms with van der Waals surface area (Å²) >= 11 is 0. The lowest BCUT2D eigenvalue weighted by Crippen LogP contribution is -2.22. The number of para-hydroxylation sites is 2. The van der Waals surface area contributed by atoms with Gasteiger partial charge in [-0.25, -0.2) is 0 Å². The number of carbonyl (C=O) groups is 1. The number of amides is 1. The monoisotopic (exact) mass is 261 g/mol. The van der Waals surface area contributed by atoms with Gasteiger partial charge in [0.1, 0.15) is 6.61 Å². The van der Waals surface area contributed by atoms with Crippen molar-refractivity contribution in [3.8, 4) is 23.3 Å². The zero-order valence-corrected chi connectivity index (χ0v) is 11.4. The van der Waals surface area contributed by atoms with Crippen LogP contribution in [0.2, 0.25) is 0 Å². The number of rotatable bonds is 6. The molecule has 4 heteroatoms. The minimum atomic E-state index is 0.0300. The molecule has 0 fully saturated rings. The van der Waals surface area contributed by atoms with Crippen LogP contribution in [0.5, 0.6) is 11.5 Å². The molecule has 1 aromatic rings. The Morgan fingerprint density at radius 1 is 1.26 bits per heavy atom. The van der Waals surface area contributed by atoms with E-state index in [1.165, 1.54) is 0 Å². The van der Waals surface area contributed by atoms with E-state index in [-0.39, 0.29) is 12.5 Å². The Labute approximate surface area is 114 Å². The van der Waals surface area contributed by atoms with Crippen LogP contribution in [0.1, 0.15) is 19.8 Å². The molecule has 0 radical (unpaired) electrons. The maximum atomic E-state index is 11.2. The fraction of sp³-hybridized carbons (Fsp3) is 0.400. The maximum absolute atomic E-state index is 11.2. The van der Waals surface area contributed by atoms with Crippen LogP contribution in [0.15, 0.2) is 24.3 Å². The van der Waals surface area contributed by atoms with Gasteiger partial charge in [0.05, 0.1) is 13.7 Å². The molecule has 0 atom stereocenters. The SMILES string of the molecule is CCCC(=O)NCC#CCOc1ccccc1OC. The Hall–Kier alpha value is -2.15. The third-order valence-corrected chi connectivity index (χ3v) is 2.34. The van der Waals surface area contributed by atoms with Crippen LogP contribution in [0.25, 0.3) is 0 Å². The number of hydrogen-bond donors (Lipinski definition) is 1. The van der Waals surface area contributed by atoms with E-state index >= 15 is 0 Å². The lowest BCUT2D eigenvalue weighted by molar-refractivity contribution is -0.120. The first kappa shape index (κ1) is 14.9. The summed E-state index contributed by atoms with van der Waals surface area (Å²) < 4.78 is 10.6. The van der Waals surface area contributed by atoms with Crippen LogP contribution in [0.4, 0.5) is 0 Å². The highest BCUT2D eigenvalue weighted by Gasteiger charge is 2.00. The van der Waals surface area contributed by atoms with E-state index in [1.807, 2.05) is 31.2 Å². The van der Waals surface area contributed by atoms with Crippen molar-refractivity contribution < 1.29 is 14.3 Å². The second-order valence-corrected chi connectivity index (χ2v) is 3.82. The molecule has 0 aliphatic rings.